The number of hydrogen-bond donors (Lipinski definition) is 5. The first kappa shape index (κ1) is 34.8. The summed E-state index contributed by atoms with van der Waals surface area (Å²) in [5.41, 5.74) is 20.3. The van der Waals surface area contributed by atoms with Crippen molar-refractivity contribution in [3.63, 3.8) is 0 Å². The van der Waals surface area contributed by atoms with Crippen LogP contribution in [0.15, 0.2) is 70.9 Å². The Hall–Kier alpha value is -7.64. The maximum absolute atomic E-state index is 16.1. The number of fused-ring (bicyclic) bond motifs is 2. The largest absolute Gasteiger partial charge is 0.494 e. The monoisotopic (exact) mass is 734 g/mol. The van der Waals surface area contributed by atoms with Gasteiger partial charge < -0.3 is 35.9 Å². The van der Waals surface area contributed by atoms with Crippen molar-refractivity contribution in [2.24, 2.45) is 27.5 Å². The number of hydrazone groups is 1. The van der Waals surface area contributed by atoms with Crippen LogP contribution in [0.2, 0.25) is 0 Å². The van der Waals surface area contributed by atoms with Crippen molar-refractivity contribution >= 4 is 39.7 Å². The van der Waals surface area contributed by atoms with Crippen molar-refractivity contribution in [3.8, 4) is 45.7 Å². The summed E-state index contributed by atoms with van der Waals surface area (Å²) in [5, 5.41) is 21.0. The quantitative estimate of drug-likeness (QED) is 0.0422. The number of nitrogens with two attached hydrogens (primary N) is 3. The zero-order valence-corrected chi connectivity index (χ0v) is 28.3. The molecular weight excluding hydrogens is 706 g/mol. The number of hydrogen-bond acceptors (Lipinski definition) is 12. The summed E-state index contributed by atoms with van der Waals surface area (Å²) >= 11 is 0. The maximum atomic E-state index is 16.1. The van der Waals surface area contributed by atoms with Gasteiger partial charge in [0.15, 0.2) is 11.5 Å². The number of benzene rings is 4. The highest BCUT2D eigenvalue weighted by atomic mass is 19.1. The lowest BCUT2D eigenvalue weighted by Gasteiger charge is -2.16. The molecule has 0 atom stereocenters. The highest BCUT2D eigenvalue weighted by molar-refractivity contribution is 6.06. The number of amides is 2. The van der Waals surface area contributed by atoms with Gasteiger partial charge in [0.2, 0.25) is 11.7 Å². The molecule has 20 heteroatoms. The number of aryl methyl sites for hydroxylation is 2. The first-order chi connectivity index (χ1) is 26.1. The molecule has 0 aliphatic heterocycles. The van der Waals surface area contributed by atoms with Crippen LogP contribution in [0.25, 0.3) is 56.2 Å². The van der Waals surface area contributed by atoms with Gasteiger partial charge in [-0.1, -0.05) is 24.3 Å². The Labute approximate surface area is 302 Å². The van der Waals surface area contributed by atoms with Gasteiger partial charge in [-0.05, 0) is 41.6 Å². The molecule has 3 aromatic heterocycles. The first-order valence-electron chi connectivity index (χ1n) is 15.8. The number of primary amides is 2. The molecule has 0 aliphatic carbocycles. The Kier molecular flexibility index (Phi) is 8.91. The summed E-state index contributed by atoms with van der Waals surface area (Å²) in [6, 6.07) is 14.5. The molecule has 0 radical (unpaired) electrons. The third kappa shape index (κ3) is 5.57. The maximum Gasteiger partial charge on any atom is 0.252 e. The topological polar surface area (TPSA) is 269 Å². The average Bonchev–Trinajstić information content (AvgIpc) is 3.91. The second-order valence-corrected chi connectivity index (χ2v) is 11.6. The van der Waals surface area contributed by atoms with Gasteiger partial charge in [-0.15, -0.1) is 15.3 Å². The fraction of sp³-hybridized carbons (Fsp3) is 0.118. The Morgan fingerprint density at radius 3 is 1.81 bits per heavy atom. The second kappa shape index (κ2) is 13.8. The molecule has 4 aromatic carbocycles. The van der Waals surface area contributed by atoms with Gasteiger partial charge in [0.05, 0.1) is 47.5 Å². The minimum absolute atomic E-state index is 0.00138. The number of aromatic amines is 1. The third-order valence-corrected chi connectivity index (χ3v) is 8.76. The Bertz CT molecular complexity index is 2670. The normalized spacial score (nSPS) is 11.7. The molecule has 272 valence electrons. The summed E-state index contributed by atoms with van der Waals surface area (Å²) in [7, 11) is 2.68. The van der Waals surface area contributed by atoms with Crippen LogP contribution in [-0.2, 0) is 13.1 Å². The van der Waals surface area contributed by atoms with Crippen LogP contribution < -0.4 is 26.8 Å². The number of ether oxygens (including phenoxy) is 2. The lowest BCUT2D eigenvalue weighted by molar-refractivity contribution is 0.0989. The molecule has 0 saturated carbocycles. The number of methoxy groups -OCH3 is 2. The van der Waals surface area contributed by atoms with E-state index in [1.54, 1.807) is 27.3 Å². The molecule has 0 fully saturated rings. The predicted molar refractivity (Wildman–Crippen MR) is 189 cm³/mol. The Balaban J connectivity index is 1.51. The van der Waals surface area contributed by atoms with Crippen LogP contribution in [-0.4, -0.2) is 71.6 Å². The van der Waals surface area contributed by atoms with E-state index < -0.39 is 23.4 Å². The summed E-state index contributed by atoms with van der Waals surface area (Å²) in [6.07, 6.45) is 0. The molecular formula is C34H28F2N14O4. The molecule has 54 heavy (non-hydrogen) atoms. The fourth-order valence-electron chi connectivity index (χ4n) is 6.48. The third-order valence-electron chi connectivity index (χ3n) is 8.76. The van der Waals surface area contributed by atoms with Gasteiger partial charge in [-0.2, -0.15) is 10.3 Å². The van der Waals surface area contributed by atoms with Crippen LogP contribution in [0.1, 0.15) is 26.3 Å². The number of nitrogens with zero attached hydrogens (tertiary/aromatic N) is 9. The summed E-state index contributed by atoms with van der Waals surface area (Å²) in [5.74, 6) is 2.52. The van der Waals surface area contributed by atoms with E-state index in [2.05, 4.69) is 30.8 Å². The van der Waals surface area contributed by atoms with E-state index in [0.29, 0.717) is 11.0 Å². The number of nitrogens with one attached hydrogen (secondary N) is 2. The van der Waals surface area contributed by atoms with Gasteiger partial charge in [0.1, 0.15) is 34.3 Å². The van der Waals surface area contributed by atoms with Crippen molar-refractivity contribution in [1.29, 1.82) is 5.53 Å². The second-order valence-electron chi connectivity index (χ2n) is 11.6. The minimum Gasteiger partial charge on any atom is -0.494 e. The molecule has 8 N–H and O–H groups in total. The number of rotatable bonds is 11. The van der Waals surface area contributed by atoms with Crippen molar-refractivity contribution in [2.45, 2.75) is 13.1 Å². The Morgan fingerprint density at radius 2 is 1.33 bits per heavy atom. The SMILES string of the molecule is COc1c(C(N)=O)ccc2c1nc(-c1c(F)cccc1C(N=N)=NN)n2CCn1c(-c2c(F)cccc2-c2nn[nH]n2)nc2c(OC)c(C(N)=O)ccc21. The number of aromatic nitrogens is 8. The average molecular weight is 735 g/mol. The summed E-state index contributed by atoms with van der Waals surface area (Å²) < 4.78 is 46.5. The van der Waals surface area contributed by atoms with Crippen LogP contribution >= 0.6 is 0 Å². The fourth-order valence-corrected chi connectivity index (χ4v) is 6.48. The van der Waals surface area contributed by atoms with Crippen LogP contribution in [0.5, 0.6) is 11.5 Å². The predicted octanol–water partition coefficient (Wildman–Crippen LogP) is 3.74. The van der Waals surface area contributed by atoms with Gasteiger partial charge >= 0.3 is 0 Å². The molecule has 0 spiro atoms. The van der Waals surface area contributed by atoms with Gasteiger partial charge in [-0.3, -0.25) is 9.59 Å². The summed E-state index contributed by atoms with van der Waals surface area (Å²) in [4.78, 5) is 34.3. The van der Waals surface area contributed by atoms with E-state index in [0.717, 1.165) is 0 Å². The van der Waals surface area contributed by atoms with E-state index in [4.69, 9.17) is 42.3 Å². The van der Waals surface area contributed by atoms with Gasteiger partial charge in [0.25, 0.3) is 11.8 Å². The standard InChI is InChI=1S/C34H28F2N14O4/c1-53-27-17(29(37)51)9-11-21-25(27)41-33(23-15(31(43-39)44-40)5-3-7-19(23)35)49(21)13-14-50-22-12-10-18(30(38)52)28(54-2)26(22)42-34(50)24-16(6-4-8-20(24)36)32-45-47-48-46-32/h3-12,39H,13-14,40H2,1-2H3,(H2,37,51)(H2,38,52)(H,45,46,47,48). The Morgan fingerprint density at radius 1 is 0.796 bits per heavy atom. The number of imidazole rings is 2. The van der Waals surface area contributed by atoms with Crippen LogP contribution in [0.4, 0.5) is 8.78 Å². The molecule has 0 aliphatic rings. The number of tetrazole rings is 1. The molecule has 7 rings (SSSR count). The number of H-pyrrole nitrogens is 1. The van der Waals surface area contributed by atoms with E-state index in [9.17, 15) is 9.59 Å². The molecule has 3 heterocycles. The minimum atomic E-state index is -0.789. The van der Waals surface area contributed by atoms with Crippen molar-refractivity contribution in [1.82, 2.24) is 39.7 Å². The lowest BCUT2D eigenvalue weighted by Crippen LogP contribution is -2.14. The molecule has 0 saturated heterocycles. The van der Waals surface area contributed by atoms with Gasteiger partial charge in [0, 0.05) is 24.2 Å². The van der Waals surface area contributed by atoms with E-state index in [1.165, 1.54) is 56.7 Å². The smallest absolute Gasteiger partial charge is 0.252 e. The zero-order valence-electron chi connectivity index (χ0n) is 28.3. The molecule has 0 unspecified atom stereocenters. The van der Waals surface area contributed by atoms with Gasteiger partial charge in [-0.25, -0.2) is 24.3 Å². The summed E-state index contributed by atoms with van der Waals surface area (Å²) in [6.45, 7) is -0.0240. The van der Waals surface area contributed by atoms with Crippen molar-refractivity contribution in [2.75, 3.05) is 14.2 Å². The zero-order chi connectivity index (χ0) is 38.3. The van der Waals surface area contributed by atoms with Crippen LogP contribution in [0, 0.1) is 17.2 Å². The molecule has 7 aromatic rings. The van der Waals surface area contributed by atoms with E-state index in [-0.39, 0.29) is 92.3 Å². The molecule has 2 amide bonds. The highest BCUT2D eigenvalue weighted by Gasteiger charge is 2.28. The van der Waals surface area contributed by atoms with E-state index >= 15 is 8.78 Å². The number of amidine groups is 1. The molecule has 18 nitrogen and oxygen atoms in total. The number of carbonyl (C=O) groups excluding carboxylic acids is 2. The lowest BCUT2D eigenvalue weighted by atomic mass is 10.0. The highest BCUT2D eigenvalue weighted by Crippen LogP contribution is 2.39. The van der Waals surface area contributed by atoms with Crippen LogP contribution in [0.3, 0.4) is 0 Å². The number of carbonyl (C=O) groups is 2. The first-order valence-corrected chi connectivity index (χ1v) is 15.8. The number of halogens is 2. The molecule has 0 bridgehead atoms. The van der Waals surface area contributed by atoms with Crippen molar-refractivity contribution in [3.05, 3.63) is 89.0 Å². The van der Waals surface area contributed by atoms with E-state index in [1.807, 2.05) is 0 Å². The van der Waals surface area contributed by atoms with Crippen molar-refractivity contribution < 1.29 is 27.8 Å².